The number of aromatic amines is 1. The van der Waals surface area contributed by atoms with Crippen LogP contribution in [0.25, 0.3) is 22.0 Å². The molecule has 0 saturated carbocycles. The number of amides is 2. The molecule has 1 aliphatic heterocycles. The van der Waals surface area contributed by atoms with Crippen LogP contribution < -0.4 is 15.8 Å². The molecule has 0 bridgehead atoms. The molecule has 1 aromatic heterocycles. The smallest absolute Gasteiger partial charge is 0.272 e. The maximum Gasteiger partial charge on any atom is 0.272 e. The van der Waals surface area contributed by atoms with Gasteiger partial charge in [0.05, 0.1) is 17.5 Å². The van der Waals surface area contributed by atoms with Crippen molar-refractivity contribution in [1.29, 1.82) is 0 Å². The minimum Gasteiger partial charge on any atom is -0.322 e. The number of rotatable bonds is 5. The molecular formula is C31H24N4O3. The van der Waals surface area contributed by atoms with E-state index in [1.54, 1.807) is 23.1 Å². The topological polar surface area (TPSA) is 95.2 Å². The fraction of sp³-hybridized carbons (Fsp3) is 0.0968. The Morgan fingerprint density at radius 3 is 2.39 bits per heavy atom. The lowest BCUT2D eigenvalue weighted by Crippen LogP contribution is -2.30. The molecule has 0 saturated heterocycles. The van der Waals surface area contributed by atoms with Gasteiger partial charge < -0.3 is 10.2 Å². The number of nitrogens with zero attached hydrogens (tertiary/aromatic N) is 2. The highest BCUT2D eigenvalue weighted by atomic mass is 16.2. The molecular weight excluding hydrogens is 476 g/mol. The van der Waals surface area contributed by atoms with E-state index < -0.39 is 0 Å². The van der Waals surface area contributed by atoms with Gasteiger partial charge in [0, 0.05) is 34.4 Å². The molecule has 0 unspecified atom stereocenters. The van der Waals surface area contributed by atoms with Crippen molar-refractivity contribution < 1.29 is 9.59 Å². The summed E-state index contributed by atoms with van der Waals surface area (Å²) in [6, 6.07) is 29.8. The summed E-state index contributed by atoms with van der Waals surface area (Å²) in [5.74, 6) is -0.193. The second kappa shape index (κ2) is 9.78. The summed E-state index contributed by atoms with van der Waals surface area (Å²) in [5, 5.41) is 11.1. The first-order valence-electron chi connectivity index (χ1n) is 12.4. The molecule has 2 heterocycles. The van der Waals surface area contributed by atoms with E-state index in [1.165, 1.54) is 0 Å². The maximum atomic E-state index is 13.3. The van der Waals surface area contributed by atoms with Crippen molar-refractivity contribution in [3.05, 3.63) is 124 Å². The van der Waals surface area contributed by atoms with Crippen molar-refractivity contribution in [2.45, 2.75) is 12.8 Å². The normalized spacial score (nSPS) is 12.4. The number of hydrogen-bond donors (Lipinski definition) is 2. The average Bonchev–Trinajstić information content (AvgIpc) is 3.38. The number of hydrogen-bond acceptors (Lipinski definition) is 4. The molecule has 0 atom stereocenters. The fourth-order valence-electron chi connectivity index (χ4n) is 4.89. The minimum absolute atomic E-state index is 0.00403. The SMILES string of the molecule is O=C(Nc1ccc2c(c1)N(C(=O)Cc1ccc(-c3n[nH]c(=O)c4ccccc34)cc1)CC2)c1ccccc1. The Bertz CT molecular complexity index is 1730. The van der Waals surface area contributed by atoms with Gasteiger partial charge in [0.2, 0.25) is 5.91 Å². The van der Waals surface area contributed by atoms with E-state index in [0.29, 0.717) is 28.9 Å². The van der Waals surface area contributed by atoms with Crippen LogP contribution >= 0.6 is 0 Å². The van der Waals surface area contributed by atoms with Crippen LogP contribution in [0.15, 0.2) is 102 Å². The lowest BCUT2D eigenvalue weighted by molar-refractivity contribution is -0.117. The maximum absolute atomic E-state index is 13.3. The second-order valence-corrected chi connectivity index (χ2v) is 9.28. The minimum atomic E-state index is -0.222. The van der Waals surface area contributed by atoms with Gasteiger partial charge in [-0.05, 0) is 47.9 Å². The third-order valence-corrected chi connectivity index (χ3v) is 6.85. The summed E-state index contributed by atoms with van der Waals surface area (Å²) in [5.41, 5.74) is 5.37. The summed E-state index contributed by atoms with van der Waals surface area (Å²) in [6.07, 6.45) is 1.03. The summed E-state index contributed by atoms with van der Waals surface area (Å²) < 4.78 is 0. The van der Waals surface area contributed by atoms with Crippen molar-refractivity contribution in [3.8, 4) is 11.3 Å². The zero-order valence-electron chi connectivity index (χ0n) is 20.5. The van der Waals surface area contributed by atoms with Crippen molar-refractivity contribution >= 4 is 34.0 Å². The molecule has 2 N–H and O–H groups in total. The molecule has 5 aromatic rings. The molecule has 0 spiro atoms. The highest BCUT2D eigenvalue weighted by Crippen LogP contribution is 2.32. The molecule has 186 valence electrons. The number of aromatic nitrogens is 2. The molecule has 6 rings (SSSR count). The van der Waals surface area contributed by atoms with Crippen LogP contribution in [0, 0.1) is 0 Å². The van der Waals surface area contributed by atoms with Crippen LogP contribution in [0.5, 0.6) is 0 Å². The Morgan fingerprint density at radius 1 is 0.868 bits per heavy atom. The predicted octanol–water partition coefficient (Wildman–Crippen LogP) is 4.97. The van der Waals surface area contributed by atoms with E-state index in [1.807, 2.05) is 78.9 Å². The molecule has 7 nitrogen and oxygen atoms in total. The van der Waals surface area contributed by atoms with Gasteiger partial charge in [0.1, 0.15) is 0 Å². The lowest BCUT2D eigenvalue weighted by atomic mass is 10.0. The van der Waals surface area contributed by atoms with Crippen LogP contribution in [-0.4, -0.2) is 28.6 Å². The van der Waals surface area contributed by atoms with Gasteiger partial charge in [-0.15, -0.1) is 0 Å². The van der Waals surface area contributed by atoms with Gasteiger partial charge in [-0.1, -0.05) is 66.7 Å². The molecule has 4 aromatic carbocycles. The van der Waals surface area contributed by atoms with E-state index in [0.717, 1.165) is 34.2 Å². The van der Waals surface area contributed by atoms with Crippen molar-refractivity contribution in [1.82, 2.24) is 10.2 Å². The van der Waals surface area contributed by atoms with Crippen LogP contribution in [0.2, 0.25) is 0 Å². The van der Waals surface area contributed by atoms with Crippen LogP contribution in [0.1, 0.15) is 21.5 Å². The molecule has 7 heteroatoms. The van der Waals surface area contributed by atoms with E-state index >= 15 is 0 Å². The number of benzene rings is 4. The standard InChI is InChI=1S/C31H24N4O3/c36-28(18-20-10-12-22(13-11-20)29-25-8-4-5-9-26(25)31(38)34-33-29)35-17-16-21-14-15-24(19-27(21)35)32-30(37)23-6-2-1-3-7-23/h1-15,19H,16-18H2,(H,32,37)(H,34,38). The highest BCUT2D eigenvalue weighted by molar-refractivity contribution is 6.05. The second-order valence-electron chi connectivity index (χ2n) is 9.28. The molecule has 38 heavy (non-hydrogen) atoms. The zero-order chi connectivity index (χ0) is 26.1. The van der Waals surface area contributed by atoms with Crippen molar-refractivity contribution in [2.75, 3.05) is 16.8 Å². The average molecular weight is 501 g/mol. The molecule has 1 aliphatic rings. The van der Waals surface area contributed by atoms with E-state index in [9.17, 15) is 14.4 Å². The predicted molar refractivity (Wildman–Crippen MR) is 148 cm³/mol. The Labute approximate surface area is 218 Å². The van der Waals surface area contributed by atoms with Gasteiger partial charge >= 0.3 is 0 Å². The monoisotopic (exact) mass is 500 g/mol. The molecule has 0 radical (unpaired) electrons. The van der Waals surface area contributed by atoms with Gasteiger partial charge in [0.25, 0.3) is 11.5 Å². The summed E-state index contributed by atoms with van der Waals surface area (Å²) >= 11 is 0. The van der Waals surface area contributed by atoms with E-state index in [2.05, 4.69) is 15.5 Å². The van der Waals surface area contributed by atoms with Crippen LogP contribution in [0.4, 0.5) is 11.4 Å². The molecule has 2 amide bonds. The Kier molecular flexibility index (Phi) is 6.01. The van der Waals surface area contributed by atoms with Crippen LogP contribution in [-0.2, 0) is 17.6 Å². The summed E-state index contributed by atoms with van der Waals surface area (Å²) in [6.45, 7) is 0.607. The molecule has 0 aliphatic carbocycles. The lowest BCUT2D eigenvalue weighted by Gasteiger charge is -2.18. The highest BCUT2D eigenvalue weighted by Gasteiger charge is 2.25. The number of anilines is 2. The van der Waals surface area contributed by atoms with Gasteiger partial charge in [-0.2, -0.15) is 5.10 Å². The zero-order valence-corrected chi connectivity index (χ0v) is 20.5. The summed E-state index contributed by atoms with van der Waals surface area (Å²) in [4.78, 5) is 39.8. The first kappa shape index (κ1) is 23.4. The molecule has 0 fully saturated rings. The van der Waals surface area contributed by atoms with Crippen molar-refractivity contribution in [2.24, 2.45) is 0 Å². The van der Waals surface area contributed by atoms with E-state index in [4.69, 9.17) is 0 Å². The third-order valence-electron chi connectivity index (χ3n) is 6.85. The first-order valence-corrected chi connectivity index (χ1v) is 12.4. The van der Waals surface area contributed by atoms with Gasteiger partial charge in [0.15, 0.2) is 0 Å². The Balaban J connectivity index is 1.18. The first-order chi connectivity index (χ1) is 18.6. The Hall–Kier alpha value is -5.04. The number of fused-ring (bicyclic) bond motifs is 2. The number of carbonyl (C=O) groups excluding carboxylic acids is 2. The van der Waals surface area contributed by atoms with Gasteiger partial charge in [-0.3, -0.25) is 14.4 Å². The van der Waals surface area contributed by atoms with Crippen LogP contribution in [0.3, 0.4) is 0 Å². The van der Waals surface area contributed by atoms with E-state index in [-0.39, 0.29) is 23.8 Å². The third kappa shape index (κ3) is 4.46. The number of H-pyrrole nitrogens is 1. The summed E-state index contributed by atoms with van der Waals surface area (Å²) in [7, 11) is 0. The van der Waals surface area contributed by atoms with Gasteiger partial charge in [-0.25, -0.2) is 5.10 Å². The Morgan fingerprint density at radius 2 is 1.61 bits per heavy atom. The van der Waals surface area contributed by atoms with Crippen molar-refractivity contribution in [3.63, 3.8) is 0 Å². The number of nitrogens with one attached hydrogen (secondary N) is 2. The largest absolute Gasteiger partial charge is 0.322 e. The number of carbonyl (C=O) groups is 2. The quantitative estimate of drug-likeness (QED) is 0.356. The fourth-order valence-corrected chi connectivity index (χ4v) is 4.89.